The Morgan fingerprint density at radius 2 is 2.35 bits per heavy atom. The van der Waals surface area contributed by atoms with Gasteiger partial charge in [0.05, 0.1) is 17.5 Å². The largest absolute Gasteiger partial charge is 0.465 e. The number of hydrogen-bond donors (Lipinski definition) is 0. The van der Waals surface area contributed by atoms with Crippen LogP contribution in [0.5, 0.6) is 0 Å². The Balaban J connectivity index is 2.32. The number of benzene rings is 1. The maximum Gasteiger partial charge on any atom is 0.327 e. The molecular formula is C11H10BFN2O2. The van der Waals surface area contributed by atoms with E-state index in [4.69, 9.17) is 12.6 Å². The molecule has 0 spiro atoms. The SMILES string of the molecule is [B]c1cc(F)c2cn(CC(=O)OCC)nc2c1. The molecule has 2 aromatic rings. The summed E-state index contributed by atoms with van der Waals surface area (Å²) in [6.45, 7) is 1.99. The summed E-state index contributed by atoms with van der Waals surface area (Å²) < 4.78 is 19.6. The molecule has 4 nitrogen and oxygen atoms in total. The zero-order chi connectivity index (χ0) is 12.4. The smallest absolute Gasteiger partial charge is 0.327 e. The third kappa shape index (κ3) is 2.46. The summed E-state index contributed by atoms with van der Waals surface area (Å²) in [5.74, 6) is -0.858. The van der Waals surface area contributed by atoms with Crippen LogP contribution < -0.4 is 5.46 Å². The van der Waals surface area contributed by atoms with Gasteiger partial charge in [-0.25, -0.2) is 4.39 Å². The predicted molar refractivity (Wildman–Crippen MR) is 61.7 cm³/mol. The van der Waals surface area contributed by atoms with Gasteiger partial charge in [-0.05, 0) is 19.1 Å². The lowest BCUT2D eigenvalue weighted by atomic mass is 9.95. The normalized spacial score (nSPS) is 10.7. The highest BCUT2D eigenvalue weighted by molar-refractivity contribution is 6.33. The van der Waals surface area contributed by atoms with Crippen molar-refractivity contribution in [2.24, 2.45) is 0 Å². The van der Waals surface area contributed by atoms with Gasteiger partial charge < -0.3 is 4.74 Å². The molecule has 2 radical (unpaired) electrons. The van der Waals surface area contributed by atoms with Crippen LogP contribution >= 0.6 is 0 Å². The summed E-state index contributed by atoms with van der Waals surface area (Å²) >= 11 is 0. The minimum Gasteiger partial charge on any atom is -0.465 e. The van der Waals surface area contributed by atoms with E-state index in [0.29, 0.717) is 23.0 Å². The summed E-state index contributed by atoms with van der Waals surface area (Å²) in [4.78, 5) is 11.2. The molecule has 0 bridgehead atoms. The maximum atomic E-state index is 13.5. The van der Waals surface area contributed by atoms with Gasteiger partial charge in [-0.3, -0.25) is 9.48 Å². The highest BCUT2D eigenvalue weighted by atomic mass is 19.1. The van der Waals surface area contributed by atoms with E-state index in [1.54, 1.807) is 13.0 Å². The molecule has 1 aromatic carbocycles. The van der Waals surface area contributed by atoms with Crippen molar-refractivity contribution in [1.82, 2.24) is 9.78 Å². The molecule has 0 amide bonds. The van der Waals surface area contributed by atoms with Crippen LogP contribution in [-0.2, 0) is 16.1 Å². The van der Waals surface area contributed by atoms with E-state index in [-0.39, 0.29) is 6.54 Å². The molecule has 0 saturated carbocycles. The molecule has 86 valence electrons. The molecule has 0 fully saturated rings. The first-order chi connectivity index (χ1) is 8.10. The molecular weight excluding hydrogens is 222 g/mol. The standard InChI is InChI=1S/C11H10BFN2O2/c1-2-17-11(16)6-15-5-8-9(13)3-7(12)4-10(8)14-15/h3-5H,2,6H2,1H3. The van der Waals surface area contributed by atoms with Crippen molar-refractivity contribution in [3.8, 4) is 0 Å². The van der Waals surface area contributed by atoms with Gasteiger partial charge in [-0.2, -0.15) is 5.10 Å². The molecule has 0 aliphatic carbocycles. The van der Waals surface area contributed by atoms with Crippen molar-refractivity contribution >= 4 is 30.2 Å². The molecule has 1 heterocycles. The van der Waals surface area contributed by atoms with Crippen LogP contribution in [-0.4, -0.2) is 30.2 Å². The summed E-state index contributed by atoms with van der Waals surface area (Å²) in [5.41, 5.74) is 0.725. The Labute approximate surface area is 98.8 Å². The van der Waals surface area contributed by atoms with Gasteiger partial charge in [-0.15, -0.1) is 0 Å². The second kappa shape index (κ2) is 4.57. The third-order valence-electron chi connectivity index (χ3n) is 2.24. The number of aromatic nitrogens is 2. The number of carbonyl (C=O) groups is 1. The number of fused-ring (bicyclic) bond motifs is 1. The van der Waals surface area contributed by atoms with Crippen molar-refractivity contribution < 1.29 is 13.9 Å². The number of halogens is 1. The summed E-state index contributed by atoms with van der Waals surface area (Å²) in [7, 11) is 5.50. The first kappa shape index (κ1) is 11.6. The van der Waals surface area contributed by atoms with E-state index in [1.807, 2.05) is 0 Å². The number of nitrogens with zero attached hydrogens (tertiary/aromatic N) is 2. The van der Waals surface area contributed by atoms with Crippen molar-refractivity contribution in [2.75, 3.05) is 6.61 Å². The van der Waals surface area contributed by atoms with E-state index in [1.165, 1.54) is 16.9 Å². The van der Waals surface area contributed by atoms with Crippen molar-refractivity contribution in [3.63, 3.8) is 0 Å². The molecule has 6 heteroatoms. The minimum atomic E-state index is -0.449. The van der Waals surface area contributed by atoms with E-state index in [0.717, 1.165) is 0 Å². The second-order valence-electron chi connectivity index (χ2n) is 3.57. The zero-order valence-electron chi connectivity index (χ0n) is 9.31. The first-order valence-electron chi connectivity index (χ1n) is 5.18. The van der Waals surface area contributed by atoms with Crippen LogP contribution in [0.25, 0.3) is 10.9 Å². The van der Waals surface area contributed by atoms with Crippen LogP contribution in [0.1, 0.15) is 6.92 Å². The topological polar surface area (TPSA) is 44.1 Å². The van der Waals surface area contributed by atoms with Gasteiger partial charge in [0.25, 0.3) is 0 Å². The van der Waals surface area contributed by atoms with Crippen molar-refractivity contribution in [2.45, 2.75) is 13.5 Å². The highest BCUT2D eigenvalue weighted by Gasteiger charge is 2.09. The van der Waals surface area contributed by atoms with E-state index in [9.17, 15) is 9.18 Å². The Morgan fingerprint density at radius 3 is 3.06 bits per heavy atom. The molecule has 0 N–H and O–H groups in total. The van der Waals surface area contributed by atoms with E-state index < -0.39 is 11.8 Å². The molecule has 0 unspecified atom stereocenters. The van der Waals surface area contributed by atoms with Crippen LogP contribution in [0.3, 0.4) is 0 Å². The molecule has 0 saturated heterocycles. The van der Waals surface area contributed by atoms with E-state index >= 15 is 0 Å². The van der Waals surface area contributed by atoms with Crippen LogP contribution in [0.2, 0.25) is 0 Å². The fourth-order valence-corrected chi connectivity index (χ4v) is 1.57. The van der Waals surface area contributed by atoms with Gasteiger partial charge >= 0.3 is 5.97 Å². The fourth-order valence-electron chi connectivity index (χ4n) is 1.57. The fraction of sp³-hybridized carbons (Fsp3) is 0.273. The molecule has 17 heavy (non-hydrogen) atoms. The van der Waals surface area contributed by atoms with Gasteiger partial charge in [-0.1, -0.05) is 5.46 Å². The summed E-state index contributed by atoms with van der Waals surface area (Å²) in [6, 6.07) is 2.78. The first-order valence-corrected chi connectivity index (χ1v) is 5.18. The Kier molecular flexibility index (Phi) is 3.13. The van der Waals surface area contributed by atoms with Crippen LogP contribution in [0.15, 0.2) is 18.3 Å². The molecule has 2 rings (SSSR count). The number of rotatable bonds is 3. The van der Waals surface area contributed by atoms with Gasteiger partial charge in [0.15, 0.2) is 0 Å². The minimum absolute atomic E-state index is 0.0398. The maximum absolute atomic E-state index is 13.5. The highest BCUT2D eigenvalue weighted by Crippen LogP contribution is 2.14. The number of hydrogen-bond acceptors (Lipinski definition) is 3. The lowest BCUT2D eigenvalue weighted by Crippen LogP contribution is -2.13. The van der Waals surface area contributed by atoms with Gasteiger partial charge in [0.1, 0.15) is 20.2 Å². The molecule has 0 aliphatic heterocycles. The van der Waals surface area contributed by atoms with Crippen LogP contribution in [0.4, 0.5) is 4.39 Å². The number of carbonyl (C=O) groups excluding carboxylic acids is 1. The van der Waals surface area contributed by atoms with Crippen molar-refractivity contribution in [1.29, 1.82) is 0 Å². The average Bonchev–Trinajstić information content (AvgIpc) is 2.60. The average molecular weight is 232 g/mol. The van der Waals surface area contributed by atoms with E-state index in [2.05, 4.69) is 5.10 Å². The zero-order valence-corrected chi connectivity index (χ0v) is 9.31. The monoisotopic (exact) mass is 232 g/mol. The van der Waals surface area contributed by atoms with Crippen molar-refractivity contribution in [3.05, 3.63) is 24.1 Å². The second-order valence-corrected chi connectivity index (χ2v) is 3.57. The van der Waals surface area contributed by atoms with Gasteiger partial charge in [0, 0.05) is 6.20 Å². The Hall–Kier alpha value is -1.85. The number of ether oxygens (including phenoxy) is 1. The Morgan fingerprint density at radius 1 is 1.59 bits per heavy atom. The third-order valence-corrected chi connectivity index (χ3v) is 2.24. The van der Waals surface area contributed by atoms with Gasteiger partial charge in [0.2, 0.25) is 0 Å². The number of esters is 1. The molecule has 1 aromatic heterocycles. The lowest BCUT2D eigenvalue weighted by molar-refractivity contribution is -0.144. The van der Waals surface area contributed by atoms with Crippen LogP contribution in [0, 0.1) is 5.82 Å². The Bertz CT molecular complexity index is 568. The quantitative estimate of drug-likeness (QED) is 0.572. The lowest BCUT2D eigenvalue weighted by Gasteiger charge is -2.00. The molecule has 0 atom stereocenters. The summed E-state index contributed by atoms with van der Waals surface area (Å²) in [6.07, 6.45) is 1.46. The predicted octanol–water partition coefficient (Wildman–Crippen LogP) is 0.532. The molecule has 0 aliphatic rings. The summed E-state index contributed by atoms with van der Waals surface area (Å²) in [5, 5.41) is 4.39.